The highest BCUT2D eigenvalue weighted by Gasteiger charge is 2.06. The Hall–Kier alpha value is -0.830. The molecule has 0 saturated carbocycles. The second kappa shape index (κ2) is 4.91. The summed E-state index contributed by atoms with van der Waals surface area (Å²) >= 11 is 0. The van der Waals surface area contributed by atoms with E-state index in [1.807, 2.05) is 7.05 Å². The number of nitrogens with zero attached hydrogens (tertiary/aromatic N) is 1. The topological polar surface area (TPSA) is 32.3 Å². The number of hydrogen-bond acceptors (Lipinski definition) is 2. The van der Waals surface area contributed by atoms with Crippen LogP contribution in [0.15, 0.2) is 12.2 Å². The van der Waals surface area contributed by atoms with Gasteiger partial charge in [0.1, 0.15) is 0 Å². The van der Waals surface area contributed by atoms with E-state index in [2.05, 4.69) is 11.9 Å². The van der Waals surface area contributed by atoms with Crippen LogP contribution in [0.5, 0.6) is 0 Å². The zero-order valence-electron chi connectivity index (χ0n) is 7.48. The Labute approximate surface area is 68.1 Å². The molecule has 0 aliphatic carbocycles. The minimum absolute atomic E-state index is 0.0141. The normalized spacial score (nSPS) is 9.36. The summed E-state index contributed by atoms with van der Waals surface area (Å²) in [4.78, 5) is 12.8. The molecule has 0 spiro atoms. The van der Waals surface area contributed by atoms with E-state index in [4.69, 9.17) is 0 Å². The van der Waals surface area contributed by atoms with E-state index in [1.54, 1.807) is 18.9 Å². The van der Waals surface area contributed by atoms with Gasteiger partial charge in [0.05, 0.1) is 0 Å². The van der Waals surface area contributed by atoms with Crippen molar-refractivity contribution in [2.24, 2.45) is 0 Å². The summed E-state index contributed by atoms with van der Waals surface area (Å²) in [6, 6.07) is 0. The third kappa shape index (κ3) is 3.78. The van der Waals surface area contributed by atoms with Crippen LogP contribution in [0.3, 0.4) is 0 Å². The maximum Gasteiger partial charge on any atom is 0.248 e. The van der Waals surface area contributed by atoms with Gasteiger partial charge in [-0.1, -0.05) is 6.58 Å². The molecule has 0 bridgehead atoms. The van der Waals surface area contributed by atoms with Crippen LogP contribution in [-0.2, 0) is 4.79 Å². The van der Waals surface area contributed by atoms with Gasteiger partial charge in [-0.05, 0) is 14.0 Å². The molecule has 0 radical (unpaired) electrons. The Morgan fingerprint density at radius 1 is 1.64 bits per heavy atom. The van der Waals surface area contributed by atoms with Crippen LogP contribution in [-0.4, -0.2) is 38.0 Å². The highest BCUT2D eigenvalue weighted by molar-refractivity contribution is 5.91. The van der Waals surface area contributed by atoms with Crippen molar-refractivity contribution in [3.8, 4) is 0 Å². The molecule has 0 aromatic carbocycles. The fraction of sp³-hybridized carbons (Fsp3) is 0.625. The average Bonchev–Trinajstić information content (AvgIpc) is 1.98. The molecule has 0 fully saturated rings. The van der Waals surface area contributed by atoms with Gasteiger partial charge in [-0.3, -0.25) is 4.79 Å². The van der Waals surface area contributed by atoms with Crippen LogP contribution in [0.25, 0.3) is 0 Å². The predicted octanol–water partition coefficient (Wildman–Crippen LogP) is 0.240. The van der Waals surface area contributed by atoms with E-state index < -0.39 is 0 Å². The Bertz CT molecular complexity index is 154. The maximum absolute atomic E-state index is 11.1. The van der Waals surface area contributed by atoms with Gasteiger partial charge in [0.15, 0.2) is 0 Å². The van der Waals surface area contributed by atoms with Gasteiger partial charge in [-0.25, -0.2) is 0 Å². The van der Waals surface area contributed by atoms with Gasteiger partial charge >= 0.3 is 0 Å². The first kappa shape index (κ1) is 10.2. The fourth-order valence-electron chi connectivity index (χ4n) is 0.707. The molecule has 0 heterocycles. The number of hydrogen-bond donors (Lipinski definition) is 1. The molecule has 3 nitrogen and oxygen atoms in total. The quantitative estimate of drug-likeness (QED) is 0.591. The molecule has 11 heavy (non-hydrogen) atoms. The van der Waals surface area contributed by atoms with Gasteiger partial charge in [0.25, 0.3) is 0 Å². The summed E-state index contributed by atoms with van der Waals surface area (Å²) in [6.45, 7) is 6.83. The molecule has 0 aromatic heterocycles. The number of carbonyl (C=O) groups excluding carboxylic acids is 1. The predicted molar refractivity (Wildman–Crippen MR) is 46.4 cm³/mol. The van der Waals surface area contributed by atoms with E-state index in [0.717, 1.165) is 13.1 Å². The molecular formula is C8H16N2O. The number of amides is 1. The standard InChI is InChI=1S/C8H16N2O/c1-7(2)8(11)10(4)6-5-9-3/h9H,1,5-6H2,2-4H3. The number of likely N-dealkylation sites (N-methyl/N-ethyl adjacent to an activating group) is 2. The second-order valence-electron chi connectivity index (χ2n) is 2.61. The molecule has 1 amide bonds. The summed E-state index contributed by atoms with van der Waals surface area (Å²) in [5.41, 5.74) is 0.587. The minimum Gasteiger partial charge on any atom is -0.341 e. The molecule has 3 heteroatoms. The summed E-state index contributed by atoms with van der Waals surface area (Å²) in [7, 11) is 3.63. The van der Waals surface area contributed by atoms with Crippen molar-refractivity contribution in [1.29, 1.82) is 0 Å². The van der Waals surface area contributed by atoms with Crippen molar-refractivity contribution < 1.29 is 4.79 Å². The monoisotopic (exact) mass is 156 g/mol. The summed E-state index contributed by atoms with van der Waals surface area (Å²) in [6.07, 6.45) is 0. The van der Waals surface area contributed by atoms with E-state index in [1.165, 1.54) is 0 Å². The maximum atomic E-state index is 11.1. The smallest absolute Gasteiger partial charge is 0.248 e. The Morgan fingerprint density at radius 2 is 2.18 bits per heavy atom. The summed E-state index contributed by atoms with van der Waals surface area (Å²) in [5, 5.41) is 2.97. The lowest BCUT2D eigenvalue weighted by molar-refractivity contribution is -0.125. The largest absolute Gasteiger partial charge is 0.341 e. The molecular weight excluding hydrogens is 140 g/mol. The highest BCUT2D eigenvalue weighted by Crippen LogP contribution is 1.93. The molecule has 0 aromatic rings. The van der Waals surface area contributed by atoms with Gasteiger partial charge in [0.2, 0.25) is 5.91 Å². The third-order valence-corrected chi connectivity index (χ3v) is 1.41. The lowest BCUT2D eigenvalue weighted by Crippen LogP contribution is -2.32. The Kier molecular flexibility index (Phi) is 4.54. The summed E-state index contributed by atoms with van der Waals surface area (Å²) < 4.78 is 0. The minimum atomic E-state index is 0.0141. The van der Waals surface area contributed by atoms with Crippen LogP contribution in [0.2, 0.25) is 0 Å². The molecule has 0 unspecified atom stereocenters. The molecule has 0 atom stereocenters. The van der Waals surface area contributed by atoms with E-state index in [9.17, 15) is 4.79 Å². The van der Waals surface area contributed by atoms with Crippen molar-refractivity contribution in [3.05, 3.63) is 12.2 Å². The highest BCUT2D eigenvalue weighted by atomic mass is 16.2. The van der Waals surface area contributed by atoms with Crippen LogP contribution in [0.1, 0.15) is 6.92 Å². The van der Waals surface area contributed by atoms with Gasteiger partial charge in [0, 0.05) is 25.7 Å². The summed E-state index contributed by atoms with van der Waals surface area (Å²) in [5.74, 6) is 0.0141. The second-order valence-corrected chi connectivity index (χ2v) is 2.61. The zero-order chi connectivity index (χ0) is 8.85. The molecule has 0 aliphatic heterocycles. The Morgan fingerprint density at radius 3 is 2.55 bits per heavy atom. The molecule has 0 saturated heterocycles. The number of nitrogens with one attached hydrogen (secondary N) is 1. The first-order valence-corrected chi connectivity index (χ1v) is 3.65. The lowest BCUT2D eigenvalue weighted by Gasteiger charge is -2.16. The molecule has 1 N–H and O–H groups in total. The average molecular weight is 156 g/mol. The zero-order valence-corrected chi connectivity index (χ0v) is 7.48. The van der Waals surface area contributed by atoms with Gasteiger partial charge < -0.3 is 10.2 Å². The number of rotatable bonds is 4. The van der Waals surface area contributed by atoms with Crippen molar-refractivity contribution in [2.45, 2.75) is 6.92 Å². The first-order chi connectivity index (χ1) is 5.09. The lowest BCUT2D eigenvalue weighted by atomic mass is 10.3. The number of carbonyl (C=O) groups is 1. The van der Waals surface area contributed by atoms with Crippen LogP contribution in [0.4, 0.5) is 0 Å². The molecule has 0 aliphatic rings. The van der Waals surface area contributed by atoms with Crippen LogP contribution >= 0.6 is 0 Å². The van der Waals surface area contributed by atoms with Crippen molar-refractivity contribution in [2.75, 3.05) is 27.2 Å². The van der Waals surface area contributed by atoms with Gasteiger partial charge in [-0.15, -0.1) is 0 Å². The van der Waals surface area contributed by atoms with Crippen molar-refractivity contribution in [1.82, 2.24) is 10.2 Å². The van der Waals surface area contributed by atoms with Crippen molar-refractivity contribution in [3.63, 3.8) is 0 Å². The van der Waals surface area contributed by atoms with Gasteiger partial charge in [-0.2, -0.15) is 0 Å². The van der Waals surface area contributed by atoms with Crippen LogP contribution in [0, 0.1) is 0 Å². The SMILES string of the molecule is C=C(C)C(=O)N(C)CCNC. The molecule has 64 valence electrons. The fourth-order valence-corrected chi connectivity index (χ4v) is 0.707. The van der Waals surface area contributed by atoms with E-state index >= 15 is 0 Å². The molecule has 0 rings (SSSR count). The van der Waals surface area contributed by atoms with Crippen LogP contribution < -0.4 is 5.32 Å². The third-order valence-electron chi connectivity index (χ3n) is 1.41. The van der Waals surface area contributed by atoms with E-state index in [-0.39, 0.29) is 5.91 Å². The van der Waals surface area contributed by atoms with E-state index in [0.29, 0.717) is 5.57 Å². The Balaban J connectivity index is 3.73. The first-order valence-electron chi connectivity index (χ1n) is 3.65. The van der Waals surface area contributed by atoms with Crippen molar-refractivity contribution >= 4 is 5.91 Å².